The molecule has 0 amide bonds. The maximum Gasteiger partial charge on any atom is 0.0755 e. The fourth-order valence-corrected chi connectivity index (χ4v) is 4.53. The van der Waals surface area contributed by atoms with Crippen LogP contribution in [0.4, 0.5) is 0 Å². The molecule has 4 heteroatoms. The third-order valence-corrected chi connectivity index (χ3v) is 6.42. The molecule has 0 aliphatic rings. The van der Waals surface area contributed by atoms with Crippen LogP contribution in [-0.4, -0.2) is 0 Å². The van der Waals surface area contributed by atoms with Gasteiger partial charge in [0, 0.05) is 9.90 Å². The van der Waals surface area contributed by atoms with Crippen LogP contribution in [0.3, 0.4) is 0 Å². The maximum absolute atomic E-state index is 6.33. The molecule has 0 bridgehead atoms. The minimum absolute atomic E-state index is 0.125. The fourth-order valence-electron chi connectivity index (χ4n) is 1.84. The zero-order valence-corrected chi connectivity index (χ0v) is 14.3. The summed E-state index contributed by atoms with van der Waals surface area (Å²) in [5.41, 5.74) is 4.62. The van der Waals surface area contributed by atoms with E-state index in [1.165, 1.54) is 11.1 Å². The zero-order chi connectivity index (χ0) is 13.4. The summed E-state index contributed by atoms with van der Waals surface area (Å²) < 4.78 is 0. The minimum atomic E-state index is 0.125. The molecule has 0 N–H and O–H groups in total. The van der Waals surface area contributed by atoms with Crippen molar-refractivity contribution in [2.45, 2.75) is 25.6 Å². The Bertz CT molecular complexity index is 590. The van der Waals surface area contributed by atoms with Gasteiger partial charge in [0.15, 0.2) is 0 Å². The Morgan fingerprint density at radius 2 is 1.72 bits per heavy atom. The summed E-state index contributed by atoms with van der Waals surface area (Å²) in [5.74, 6) is 0. The fraction of sp³-hybridized carbons (Fsp3) is 0.286. The van der Waals surface area contributed by atoms with E-state index >= 15 is 0 Å². The minimum Gasteiger partial charge on any atom is -0.145 e. The Balaban J connectivity index is 2.49. The first-order chi connectivity index (χ1) is 8.41. The van der Waals surface area contributed by atoms with E-state index in [1.54, 1.807) is 11.3 Å². The van der Waals surface area contributed by atoms with E-state index < -0.39 is 0 Å². The second kappa shape index (κ2) is 5.54. The van der Waals surface area contributed by atoms with Gasteiger partial charge in [-0.25, -0.2) is 0 Å². The van der Waals surface area contributed by atoms with Gasteiger partial charge < -0.3 is 0 Å². The summed E-state index contributed by atoms with van der Waals surface area (Å²) in [5, 5.41) is 3.75. The molecule has 2 aromatic rings. The van der Waals surface area contributed by atoms with E-state index in [0.717, 1.165) is 26.0 Å². The van der Waals surface area contributed by atoms with Crippen molar-refractivity contribution in [2.75, 3.05) is 0 Å². The number of alkyl halides is 1. The second-order valence-electron chi connectivity index (χ2n) is 4.42. The van der Waals surface area contributed by atoms with Crippen LogP contribution in [0.2, 0.25) is 10.0 Å². The number of hydrogen-bond acceptors (Lipinski definition) is 1. The van der Waals surface area contributed by atoms with Gasteiger partial charge in [-0.05, 0) is 54.5 Å². The molecule has 96 valence electrons. The lowest BCUT2D eigenvalue weighted by molar-refractivity contribution is 1.16. The quantitative estimate of drug-likeness (QED) is 0.536. The highest BCUT2D eigenvalue weighted by atomic mass is 79.9. The van der Waals surface area contributed by atoms with E-state index in [0.29, 0.717) is 0 Å². The van der Waals surface area contributed by atoms with Crippen molar-refractivity contribution >= 4 is 50.5 Å². The molecule has 0 spiro atoms. The van der Waals surface area contributed by atoms with Crippen molar-refractivity contribution < 1.29 is 0 Å². The molecule has 1 atom stereocenters. The highest BCUT2D eigenvalue weighted by Crippen LogP contribution is 2.42. The monoisotopic (exact) mass is 362 g/mol. The highest BCUT2D eigenvalue weighted by molar-refractivity contribution is 9.09. The molecular formula is C14H13BrCl2S. The van der Waals surface area contributed by atoms with Crippen LogP contribution in [0, 0.1) is 20.8 Å². The van der Waals surface area contributed by atoms with Gasteiger partial charge in [0.05, 0.1) is 9.85 Å². The SMILES string of the molecule is Cc1cc(C(Br)c2scc(C)c2Cl)c(C)cc1Cl. The van der Waals surface area contributed by atoms with Crippen molar-refractivity contribution in [2.24, 2.45) is 0 Å². The van der Waals surface area contributed by atoms with Crippen LogP contribution in [-0.2, 0) is 0 Å². The molecule has 0 aliphatic carbocycles. The number of halogens is 3. The lowest BCUT2D eigenvalue weighted by atomic mass is 10.0. The lowest BCUT2D eigenvalue weighted by Gasteiger charge is -2.14. The normalized spacial score (nSPS) is 12.8. The third-order valence-electron chi connectivity index (χ3n) is 2.98. The number of hydrogen-bond donors (Lipinski definition) is 0. The summed E-state index contributed by atoms with van der Waals surface area (Å²) in [4.78, 5) is 1.28. The first-order valence-electron chi connectivity index (χ1n) is 5.56. The molecule has 0 nitrogen and oxygen atoms in total. The van der Waals surface area contributed by atoms with Gasteiger partial charge in [-0.15, -0.1) is 11.3 Å². The van der Waals surface area contributed by atoms with E-state index in [4.69, 9.17) is 23.2 Å². The van der Waals surface area contributed by atoms with Gasteiger partial charge in [-0.2, -0.15) is 0 Å². The number of aryl methyl sites for hydroxylation is 3. The number of thiophene rings is 1. The molecule has 1 aromatic heterocycles. The van der Waals surface area contributed by atoms with Crippen LogP contribution in [0.15, 0.2) is 17.5 Å². The first-order valence-corrected chi connectivity index (χ1v) is 8.11. The summed E-state index contributed by atoms with van der Waals surface area (Å²) in [6.45, 7) is 6.12. The Morgan fingerprint density at radius 1 is 1.06 bits per heavy atom. The van der Waals surface area contributed by atoms with Crippen molar-refractivity contribution in [3.8, 4) is 0 Å². The van der Waals surface area contributed by atoms with Crippen LogP contribution in [0.25, 0.3) is 0 Å². The average molecular weight is 364 g/mol. The van der Waals surface area contributed by atoms with Crippen molar-refractivity contribution in [1.29, 1.82) is 0 Å². The van der Waals surface area contributed by atoms with Gasteiger partial charge >= 0.3 is 0 Å². The molecule has 0 radical (unpaired) electrons. The molecule has 0 saturated heterocycles. The van der Waals surface area contributed by atoms with Crippen LogP contribution >= 0.6 is 50.5 Å². The van der Waals surface area contributed by atoms with Gasteiger partial charge in [-0.1, -0.05) is 45.2 Å². The first kappa shape index (κ1) is 14.4. The van der Waals surface area contributed by atoms with E-state index in [1.807, 2.05) is 19.9 Å². The van der Waals surface area contributed by atoms with Gasteiger partial charge in [0.1, 0.15) is 0 Å². The maximum atomic E-state index is 6.33. The Hall–Kier alpha value is -0.0200. The van der Waals surface area contributed by atoms with E-state index in [-0.39, 0.29) is 4.83 Å². The Kier molecular flexibility index (Phi) is 4.43. The average Bonchev–Trinajstić information content (AvgIpc) is 2.64. The molecule has 2 rings (SSSR count). The summed E-state index contributed by atoms with van der Waals surface area (Å²) in [6.07, 6.45) is 0. The van der Waals surface area contributed by atoms with Gasteiger partial charge in [0.2, 0.25) is 0 Å². The zero-order valence-electron chi connectivity index (χ0n) is 10.4. The summed E-state index contributed by atoms with van der Waals surface area (Å²) in [6, 6.07) is 4.14. The number of rotatable bonds is 2. The molecule has 1 unspecified atom stereocenters. The van der Waals surface area contributed by atoms with E-state index in [9.17, 15) is 0 Å². The summed E-state index contributed by atoms with van der Waals surface area (Å²) >= 11 is 17.9. The molecule has 0 saturated carbocycles. The second-order valence-corrected chi connectivity index (χ2v) is 7.03. The van der Waals surface area contributed by atoms with Crippen molar-refractivity contribution in [1.82, 2.24) is 0 Å². The third kappa shape index (κ3) is 2.62. The smallest absolute Gasteiger partial charge is 0.0755 e. The van der Waals surface area contributed by atoms with Crippen molar-refractivity contribution in [3.63, 3.8) is 0 Å². The lowest BCUT2D eigenvalue weighted by Crippen LogP contribution is -1.96. The highest BCUT2D eigenvalue weighted by Gasteiger charge is 2.19. The van der Waals surface area contributed by atoms with Gasteiger partial charge in [-0.3, -0.25) is 0 Å². The molecule has 0 fully saturated rings. The molecular weight excluding hydrogens is 351 g/mol. The van der Waals surface area contributed by atoms with Crippen LogP contribution in [0.5, 0.6) is 0 Å². The molecule has 0 aliphatic heterocycles. The topological polar surface area (TPSA) is 0 Å². The predicted molar refractivity (Wildman–Crippen MR) is 85.8 cm³/mol. The predicted octanol–water partition coefficient (Wildman–Crippen LogP) is 6.46. The van der Waals surface area contributed by atoms with Gasteiger partial charge in [0.25, 0.3) is 0 Å². The van der Waals surface area contributed by atoms with Crippen LogP contribution < -0.4 is 0 Å². The Labute approximate surface area is 130 Å². The number of benzene rings is 1. The van der Waals surface area contributed by atoms with E-state index in [2.05, 4.69) is 34.3 Å². The Morgan fingerprint density at radius 3 is 2.28 bits per heavy atom. The largest absolute Gasteiger partial charge is 0.145 e. The molecule has 18 heavy (non-hydrogen) atoms. The standard InChI is InChI=1S/C14H13BrCl2S/c1-7-5-11(16)8(2)4-10(7)12(15)14-13(17)9(3)6-18-14/h4-6,12H,1-3H3. The van der Waals surface area contributed by atoms with Crippen molar-refractivity contribution in [3.05, 3.63) is 54.7 Å². The molecule has 1 aromatic carbocycles. The van der Waals surface area contributed by atoms with Crippen LogP contribution in [0.1, 0.15) is 32.0 Å². The molecule has 1 heterocycles. The summed E-state index contributed by atoms with van der Waals surface area (Å²) in [7, 11) is 0.